The van der Waals surface area contributed by atoms with Gasteiger partial charge in [-0.2, -0.15) is 10.2 Å². The van der Waals surface area contributed by atoms with Crippen molar-refractivity contribution in [1.82, 2.24) is 10.2 Å². The van der Waals surface area contributed by atoms with Gasteiger partial charge in [-0.1, -0.05) is 20.8 Å². The van der Waals surface area contributed by atoms with Gasteiger partial charge in [-0.25, -0.2) is 0 Å². The Morgan fingerprint density at radius 2 is 2.00 bits per heavy atom. The van der Waals surface area contributed by atoms with E-state index in [-0.39, 0.29) is 5.41 Å². The summed E-state index contributed by atoms with van der Waals surface area (Å²) in [7, 11) is 5.63. The predicted molar refractivity (Wildman–Crippen MR) is 46.1 cm³/mol. The Bertz CT molecular complexity index is 253. The third-order valence-corrected chi connectivity index (χ3v) is 1.56. The van der Waals surface area contributed by atoms with Crippen LogP contribution in [-0.2, 0) is 5.41 Å². The maximum absolute atomic E-state index is 5.63. The van der Waals surface area contributed by atoms with Crippen LogP contribution in [0.3, 0.4) is 0 Å². The van der Waals surface area contributed by atoms with Crippen molar-refractivity contribution in [3.05, 3.63) is 17.8 Å². The maximum Gasteiger partial charge on any atom is 0.144 e. The lowest BCUT2D eigenvalue weighted by atomic mass is 9.81. The number of aromatic nitrogens is 2. The summed E-state index contributed by atoms with van der Waals surface area (Å²) in [5.74, 6) is 0. The van der Waals surface area contributed by atoms with Crippen LogP contribution in [0.2, 0.25) is 0 Å². The molecular formula is C8H11BN2. The molecule has 2 radical (unpaired) electrons. The number of rotatable bonds is 0. The Morgan fingerprint density at radius 3 is 2.36 bits per heavy atom. The van der Waals surface area contributed by atoms with Gasteiger partial charge in [0.15, 0.2) is 0 Å². The van der Waals surface area contributed by atoms with E-state index in [1.165, 1.54) is 0 Å². The summed E-state index contributed by atoms with van der Waals surface area (Å²) < 4.78 is 0. The topological polar surface area (TPSA) is 25.8 Å². The first-order valence-electron chi connectivity index (χ1n) is 3.59. The third-order valence-electron chi connectivity index (χ3n) is 1.56. The van der Waals surface area contributed by atoms with Crippen LogP contribution in [0.1, 0.15) is 26.3 Å². The molecule has 0 aliphatic rings. The van der Waals surface area contributed by atoms with E-state index in [0.29, 0.717) is 5.59 Å². The van der Waals surface area contributed by atoms with Crippen molar-refractivity contribution in [2.75, 3.05) is 0 Å². The minimum atomic E-state index is 0.0556. The van der Waals surface area contributed by atoms with Crippen molar-refractivity contribution in [3.8, 4) is 0 Å². The zero-order valence-electron chi connectivity index (χ0n) is 7.13. The average molecular weight is 146 g/mol. The van der Waals surface area contributed by atoms with E-state index in [2.05, 4.69) is 31.0 Å². The first kappa shape index (κ1) is 8.24. The highest BCUT2D eigenvalue weighted by Gasteiger charge is 2.15. The molecule has 0 saturated carbocycles. The lowest BCUT2D eigenvalue weighted by Crippen LogP contribution is -2.25. The number of nitrogens with zero attached hydrogens (tertiary/aromatic N) is 2. The molecule has 0 aliphatic carbocycles. The molecule has 0 spiro atoms. The summed E-state index contributed by atoms with van der Waals surface area (Å²) in [5, 5.41) is 7.46. The summed E-state index contributed by atoms with van der Waals surface area (Å²) >= 11 is 0. The van der Waals surface area contributed by atoms with Crippen LogP contribution < -0.4 is 5.59 Å². The zero-order chi connectivity index (χ0) is 8.48. The van der Waals surface area contributed by atoms with Crippen LogP contribution in [0.15, 0.2) is 12.3 Å². The van der Waals surface area contributed by atoms with Gasteiger partial charge >= 0.3 is 0 Å². The standard InChI is InChI=1S/C8H11BN2/c1-8(2,3)6-4-5-10-11-7(6)9/h4-5H,1-3H3. The van der Waals surface area contributed by atoms with Gasteiger partial charge in [0.25, 0.3) is 0 Å². The van der Waals surface area contributed by atoms with Crippen molar-refractivity contribution in [3.63, 3.8) is 0 Å². The smallest absolute Gasteiger partial charge is 0.144 e. The molecule has 0 bridgehead atoms. The molecule has 0 N–H and O–H groups in total. The molecule has 1 rings (SSSR count). The largest absolute Gasteiger partial charge is 0.167 e. The molecule has 0 fully saturated rings. The molecule has 0 atom stereocenters. The Labute approximate surface area is 68.5 Å². The normalized spacial score (nSPS) is 11.5. The van der Waals surface area contributed by atoms with Crippen molar-refractivity contribution in [1.29, 1.82) is 0 Å². The molecule has 56 valence electrons. The van der Waals surface area contributed by atoms with Crippen molar-refractivity contribution in [2.24, 2.45) is 0 Å². The summed E-state index contributed by atoms with van der Waals surface area (Å²) in [6.07, 6.45) is 1.66. The highest BCUT2D eigenvalue weighted by molar-refractivity contribution is 6.31. The molecule has 1 heterocycles. The van der Waals surface area contributed by atoms with E-state index in [9.17, 15) is 0 Å². The summed E-state index contributed by atoms with van der Waals surface area (Å²) in [4.78, 5) is 0. The fraction of sp³-hybridized carbons (Fsp3) is 0.500. The fourth-order valence-electron chi connectivity index (χ4n) is 0.977. The molecule has 0 unspecified atom stereocenters. The van der Waals surface area contributed by atoms with Crippen LogP contribution in [0.25, 0.3) is 0 Å². The van der Waals surface area contributed by atoms with Gasteiger partial charge in [-0.3, -0.25) is 0 Å². The lowest BCUT2D eigenvalue weighted by Gasteiger charge is -2.20. The van der Waals surface area contributed by atoms with E-state index < -0.39 is 0 Å². The van der Waals surface area contributed by atoms with Crippen LogP contribution in [0, 0.1) is 0 Å². The van der Waals surface area contributed by atoms with Crippen LogP contribution in [-0.4, -0.2) is 18.0 Å². The highest BCUT2D eigenvalue weighted by atomic mass is 15.1. The molecule has 3 heteroatoms. The zero-order valence-corrected chi connectivity index (χ0v) is 7.13. The fourth-order valence-corrected chi connectivity index (χ4v) is 0.977. The molecule has 0 aliphatic heterocycles. The van der Waals surface area contributed by atoms with Gasteiger partial charge < -0.3 is 0 Å². The van der Waals surface area contributed by atoms with Crippen molar-refractivity contribution >= 4 is 13.4 Å². The van der Waals surface area contributed by atoms with Gasteiger partial charge in [0.05, 0.1) is 0 Å². The molecule has 1 aromatic heterocycles. The van der Waals surface area contributed by atoms with Crippen LogP contribution in [0.5, 0.6) is 0 Å². The van der Waals surface area contributed by atoms with Crippen LogP contribution >= 0.6 is 0 Å². The van der Waals surface area contributed by atoms with E-state index in [0.717, 1.165) is 5.56 Å². The molecular weight excluding hydrogens is 135 g/mol. The maximum atomic E-state index is 5.63. The Hall–Kier alpha value is -0.855. The SMILES string of the molecule is [B]c1nnccc1C(C)(C)C. The second-order valence-corrected chi connectivity index (χ2v) is 3.58. The monoisotopic (exact) mass is 146 g/mol. The Morgan fingerprint density at radius 1 is 1.36 bits per heavy atom. The van der Waals surface area contributed by atoms with E-state index >= 15 is 0 Å². The first-order chi connectivity index (χ1) is 5.02. The molecule has 1 aromatic rings. The first-order valence-corrected chi connectivity index (χ1v) is 3.59. The highest BCUT2D eigenvalue weighted by Crippen LogP contribution is 2.17. The van der Waals surface area contributed by atoms with Gasteiger partial charge in [0.2, 0.25) is 0 Å². The van der Waals surface area contributed by atoms with E-state index in [1.807, 2.05) is 6.07 Å². The Balaban J connectivity index is 3.14. The van der Waals surface area contributed by atoms with E-state index in [4.69, 9.17) is 7.85 Å². The van der Waals surface area contributed by atoms with Crippen LogP contribution in [0.4, 0.5) is 0 Å². The van der Waals surface area contributed by atoms with Crippen molar-refractivity contribution < 1.29 is 0 Å². The number of hydrogen-bond donors (Lipinski definition) is 0. The minimum absolute atomic E-state index is 0.0556. The minimum Gasteiger partial charge on any atom is -0.167 e. The molecule has 0 aromatic carbocycles. The van der Waals surface area contributed by atoms with Gasteiger partial charge in [-0.05, 0) is 17.0 Å². The molecule has 0 saturated heterocycles. The van der Waals surface area contributed by atoms with Gasteiger partial charge in [-0.15, -0.1) is 0 Å². The predicted octanol–water partition coefficient (Wildman–Crippen LogP) is 0.568. The average Bonchev–Trinajstić information content (AvgIpc) is 1.86. The molecule has 2 nitrogen and oxygen atoms in total. The summed E-state index contributed by atoms with van der Waals surface area (Å²) in [6, 6.07) is 1.91. The Kier molecular flexibility index (Phi) is 1.98. The summed E-state index contributed by atoms with van der Waals surface area (Å²) in [5.41, 5.74) is 1.63. The van der Waals surface area contributed by atoms with Crippen molar-refractivity contribution in [2.45, 2.75) is 26.2 Å². The second-order valence-electron chi connectivity index (χ2n) is 3.58. The van der Waals surface area contributed by atoms with Gasteiger partial charge in [0, 0.05) is 11.8 Å². The second kappa shape index (κ2) is 2.64. The van der Waals surface area contributed by atoms with E-state index in [1.54, 1.807) is 6.20 Å². The molecule has 11 heavy (non-hydrogen) atoms. The molecule has 0 amide bonds. The third kappa shape index (κ3) is 1.79. The van der Waals surface area contributed by atoms with Gasteiger partial charge in [0.1, 0.15) is 7.85 Å². The number of hydrogen-bond acceptors (Lipinski definition) is 2. The summed E-state index contributed by atoms with van der Waals surface area (Å²) in [6.45, 7) is 6.29. The lowest BCUT2D eigenvalue weighted by molar-refractivity contribution is 0.590. The quantitative estimate of drug-likeness (QED) is 0.500.